The molecule has 2 nitrogen and oxygen atoms in total. The Balaban J connectivity index is 1.97. The van der Waals surface area contributed by atoms with Crippen molar-refractivity contribution in [2.24, 2.45) is 0 Å². The first-order valence-electron chi connectivity index (χ1n) is 6.43. The van der Waals surface area contributed by atoms with Gasteiger partial charge in [-0.05, 0) is 50.9 Å². The Hall–Kier alpha value is -0.840. The van der Waals surface area contributed by atoms with Crippen molar-refractivity contribution >= 4 is 27.3 Å². The zero-order valence-corrected chi connectivity index (χ0v) is 13.4. The highest BCUT2D eigenvalue weighted by atomic mass is 79.9. The minimum absolute atomic E-state index is 0.707. The lowest BCUT2D eigenvalue weighted by molar-refractivity contribution is 0.316. The number of para-hydroxylation sites is 1. The number of benzene rings is 1. The second-order valence-electron chi connectivity index (χ2n) is 4.24. The number of thiophene rings is 1. The summed E-state index contributed by atoms with van der Waals surface area (Å²) in [5, 5.41) is 7.61. The number of hydrogen-bond acceptors (Lipinski definition) is 3. The molecule has 1 aromatic heterocycles. The van der Waals surface area contributed by atoms with E-state index < -0.39 is 0 Å². The summed E-state index contributed by atoms with van der Waals surface area (Å²) in [4.78, 5) is 0. The second kappa shape index (κ2) is 7.68. The van der Waals surface area contributed by atoms with Gasteiger partial charge in [-0.25, -0.2) is 0 Å². The maximum Gasteiger partial charge on any atom is 0.137 e. The van der Waals surface area contributed by atoms with Gasteiger partial charge >= 0.3 is 0 Å². The molecule has 1 aromatic carbocycles. The summed E-state index contributed by atoms with van der Waals surface area (Å²) in [5.41, 5.74) is 2.53. The van der Waals surface area contributed by atoms with E-state index in [0.717, 1.165) is 29.7 Å². The molecule has 0 radical (unpaired) electrons. The van der Waals surface area contributed by atoms with Gasteiger partial charge < -0.3 is 10.1 Å². The van der Waals surface area contributed by atoms with Crippen molar-refractivity contribution in [2.45, 2.75) is 19.9 Å². The van der Waals surface area contributed by atoms with Gasteiger partial charge in [0.1, 0.15) is 5.75 Å². The second-order valence-corrected chi connectivity index (χ2v) is 5.87. The minimum atomic E-state index is 0.707. The van der Waals surface area contributed by atoms with Crippen LogP contribution >= 0.6 is 27.3 Å². The van der Waals surface area contributed by atoms with Crippen molar-refractivity contribution in [2.75, 3.05) is 13.2 Å². The largest absolute Gasteiger partial charge is 0.492 e. The van der Waals surface area contributed by atoms with Gasteiger partial charge in [-0.1, -0.05) is 19.1 Å². The fourth-order valence-corrected chi connectivity index (χ4v) is 3.04. The fraction of sp³-hybridized carbons (Fsp3) is 0.333. The molecule has 1 heterocycles. The predicted octanol–water partition coefficient (Wildman–Crippen LogP) is 4.24. The van der Waals surface area contributed by atoms with Crippen molar-refractivity contribution in [1.82, 2.24) is 5.32 Å². The minimum Gasteiger partial charge on any atom is -0.492 e. The lowest BCUT2D eigenvalue weighted by atomic mass is 10.2. The third-order valence-corrected chi connectivity index (χ3v) is 4.19. The van der Waals surface area contributed by atoms with Gasteiger partial charge in [0.25, 0.3) is 0 Å². The Bertz CT molecular complexity index is 499. The highest BCUT2D eigenvalue weighted by molar-refractivity contribution is 9.10. The first kappa shape index (κ1) is 14.6. The molecule has 0 bridgehead atoms. The predicted molar refractivity (Wildman–Crippen MR) is 85.0 cm³/mol. The van der Waals surface area contributed by atoms with Gasteiger partial charge in [0.05, 0.1) is 11.1 Å². The SMILES string of the molecule is CCNCc1cccc(Br)c1OCCc1ccsc1. The lowest BCUT2D eigenvalue weighted by Crippen LogP contribution is -2.13. The highest BCUT2D eigenvalue weighted by Crippen LogP contribution is 2.29. The normalized spacial score (nSPS) is 10.6. The molecular formula is C15H18BrNOS. The monoisotopic (exact) mass is 339 g/mol. The average molecular weight is 340 g/mol. The van der Waals surface area contributed by atoms with Crippen LogP contribution < -0.4 is 10.1 Å². The van der Waals surface area contributed by atoms with E-state index in [2.05, 4.69) is 51.1 Å². The van der Waals surface area contributed by atoms with Crippen LogP contribution in [0.2, 0.25) is 0 Å². The van der Waals surface area contributed by atoms with E-state index in [4.69, 9.17) is 4.74 Å². The van der Waals surface area contributed by atoms with E-state index in [0.29, 0.717) is 6.61 Å². The summed E-state index contributed by atoms with van der Waals surface area (Å²) in [7, 11) is 0. The summed E-state index contributed by atoms with van der Waals surface area (Å²) in [6.07, 6.45) is 0.950. The molecular weight excluding hydrogens is 322 g/mol. The molecule has 2 aromatic rings. The van der Waals surface area contributed by atoms with Crippen LogP contribution in [-0.2, 0) is 13.0 Å². The molecule has 19 heavy (non-hydrogen) atoms. The zero-order valence-electron chi connectivity index (χ0n) is 11.0. The standard InChI is InChI=1S/C15H18BrNOS/c1-2-17-10-13-4-3-5-14(16)15(13)18-8-6-12-7-9-19-11-12/h3-5,7,9,11,17H,2,6,8,10H2,1H3. The number of halogens is 1. The Morgan fingerprint density at radius 3 is 2.95 bits per heavy atom. The van der Waals surface area contributed by atoms with Gasteiger partial charge in [-0.2, -0.15) is 11.3 Å². The highest BCUT2D eigenvalue weighted by Gasteiger charge is 2.07. The molecule has 1 N–H and O–H groups in total. The topological polar surface area (TPSA) is 21.3 Å². The molecule has 0 fully saturated rings. The maximum absolute atomic E-state index is 5.96. The van der Waals surface area contributed by atoms with Crippen molar-refractivity contribution in [3.05, 3.63) is 50.6 Å². The number of hydrogen-bond donors (Lipinski definition) is 1. The third kappa shape index (κ3) is 4.34. The molecule has 0 amide bonds. The van der Waals surface area contributed by atoms with Crippen molar-refractivity contribution in [1.29, 1.82) is 0 Å². The Labute approximate surface area is 126 Å². The summed E-state index contributed by atoms with van der Waals surface area (Å²) < 4.78 is 6.98. The average Bonchev–Trinajstić information content (AvgIpc) is 2.92. The molecule has 4 heteroatoms. The van der Waals surface area contributed by atoms with Gasteiger partial charge in [0, 0.05) is 18.5 Å². The molecule has 0 atom stereocenters. The number of ether oxygens (including phenoxy) is 1. The van der Waals surface area contributed by atoms with Gasteiger partial charge in [-0.15, -0.1) is 0 Å². The van der Waals surface area contributed by atoms with Crippen LogP contribution in [0.5, 0.6) is 5.75 Å². The van der Waals surface area contributed by atoms with E-state index in [-0.39, 0.29) is 0 Å². The zero-order chi connectivity index (χ0) is 13.5. The summed E-state index contributed by atoms with van der Waals surface area (Å²) in [6.45, 7) is 4.61. The van der Waals surface area contributed by atoms with Crippen molar-refractivity contribution in [3.8, 4) is 5.75 Å². The summed E-state index contributed by atoms with van der Waals surface area (Å²) in [5.74, 6) is 0.957. The number of rotatable bonds is 7. The molecule has 0 aliphatic carbocycles. The van der Waals surface area contributed by atoms with E-state index >= 15 is 0 Å². The molecule has 2 rings (SSSR count). The Morgan fingerprint density at radius 1 is 1.32 bits per heavy atom. The molecule has 0 unspecified atom stereocenters. The van der Waals surface area contributed by atoms with Crippen LogP contribution in [0.15, 0.2) is 39.5 Å². The van der Waals surface area contributed by atoms with E-state index in [9.17, 15) is 0 Å². The summed E-state index contributed by atoms with van der Waals surface area (Å²) in [6, 6.07) is 8.32. The van der Waals surface area contributed by atoms with E-state index in [1.54, 1.807) is 11.3 Å². The summed E-state index contributed by atoms with van der Waals surface area (Å²) >= 11 is 5.30. The van der Waals surface area contributed by atoms with E-state index in [1.165, 1.54) is 11.1 Å². The molecule has 0 saturated carbocycles. The lowest BCUT2D eigenvalue weighted by Gasteiger charge is -2.13. The van der Waals surface area contributed by atoms with Crippen LogP contribution in [-0.4, -0.2) is 13.2 Å². The van der Waals surface area contributed by atoms with Crippen LogP contribution in [0.4, 0.5) is 0 Å². The van der Waals surface area contributed by atoms with Gasteiger partial charge in [0.2, 0.25) is 0 Å². The van der Waals surface area contributed by atoms with Crippen LogP contribution in [0.3, 0.4) is 0 Å². The van der Waals surface area contributed by atoms with Crippen LogP contribution in [0.1, 0.15) is 18.1 Å². The molecule has 0 aliphatic rings. The first-order valence-corrected chi connectivity index (χ1v) is 8.17. The van der Waals surface area contributed by atoms with Crippen LogP contribution in [0, 0.1) is 0 Å². The van der Waals surface area contributed by atoms with Crippen molar-refractivity contribution < 1.29 is 4.74 Å². The molecule has 0 spiro atoms. The number of nitrogens with one attached hydrogen (secondary N) is 1. The van der Waals surface area contributed by atoms with Crippen molar-refractivity contribution in [3.63, 3.8) is 0 Å². The quantitative estimate of drug-likeness (QED) is 0.814. The fourth-order valence-electron chi connectivity index (χ4n) is 1.82. The van der Waals surface area contributed by atoms with Crippen LogP contribution in [0.25, 0.3) is 0 Å². The Kier molecular flexibility index (Phi) is 5.89. The molecule has 0 aliphatic heterocycles. The van der Waals surface area contributed by atoms with Gasteiger partial charge in [-0.3, -0.25) is 0 Å². The van der Waals surface area contributed by atoms with Gasteiger partial charge in [0.15, 0.2) is 0 Å². The molecule has 0 saturated heterocycles. The first-order chi connectivity index (χ1) is 9.31. The smallest absolute Gasteiger partial charge is 0.137 e. The maximum atomic E-state index is 5.96. The molecule has 102 valence electrons. The third-order valence-electron chi connectivity index (χ3n) is 2.83. The Morgan fingerprint density at radius 2 is 2.21 bits per heavy atom. The van der Waals surface area contributed by atoms with E-state index in [1.807, 2.05) is 12.1 Å².